The summed E-state index contributed by atoms with van der Waals surface area (Å²) in [6.45, 7) is 5.23. The molecule has 3 rings (SSSR count). The Morgan fingerprint density at radius 1 is 1.20 bits per heavy atom. The summed E-state index contributed by atoms with van der Waals surface area (Å²) in [6, 6.07) is 8.04. The summed E-state index contributed by atoms with van der Waals surface area (Å²) in [5, 5.41) is 9.98. The number of amides is 1. The SMILES string of the molecule is CCNC(=NCc1cccc(NC(=O)C2CCCC2)c1)NCC1(CCOC)CCC1. The number of hydrogen-bond donors (Lipinski definition) is 3. The van der Waals surface area contributed by atoms with Gasteiger partial charge < -0.3 is 20.7 Å². The second kappa shape index (κ2) is 11.3. The van der Waals surface area contributed by atoms with Gasteiger partial charge in [0, 0.05) is 38.4 Å². The molecule has 166 valence electrons. The van der Waals surface area contributed by atoms with Crippen molar-refractivity contribution < 1.29 is 9.53 Å². The maximum Gasteiger partial charge on any atom is 0.227 e. The van der Waals surface area contributed by atoms with Gasteiger partial charge in [0.2, 0.25) is 5.91 Å². The van der Waals surface area contributed by atoms with Crippen LogP contribution >= 0.6 is 0 Å². The van der Waals surface area contributed by atoms with Crippen LogP contribution in [0, 0.1) is 11.3 Å². The van der Waals surface area contributed by atoms with Gasteiger partial charge in [0.05, 0.1) is 6.54 Å². The largest absolute Gasteiger partial charge is 0.385 e. The molecule has 0 aromatic heterocycles. The average molecular weight is 415 g/mol. The van der Waals surface area contributed by atoms with E-state index in [0.717, 1.165) is 56.2 Å². The van der Waals surface area contributed by atoms with Gasteiger partial charge in [0.25, 0.3) is 0 Å². The second-order valence-corrected chi connectivity index (χ2v) is 8.82. The number of methoxy groups -OCH3 is 1. The van der Waals surface area contributed by atoms with Crippen molar-refractivity contribution in [3.05, 3.63) is 29.8 Å². The fourth-order valence-corrected chi connectivity index (χ4v) is 4.47. The summed E-state index contributed by atoms with van der Waals surface area (Å²) < 4.78 is 5.30. The van der Waals surface area contributed by atoms with Crippen LogP contribution in [0.25, 0.3) is 0 Å². The zero-order valence-electron chi connectivity index (χ0n) is 18.6. The Hall–Kier alpha value is -2.08. The lowest BCUT2D eigenvalue weighted by atomic mass is 9.67. The molecule has 0 unspecified atom stereocenters. The molecule has 0 spiro atoms. The maximum atomic E-state index is 12.4. The first kappa shape index (κ1) is 22.6. The Morgan fingerprint density at radius 2 is 2.00 bits per heavy atom. The van der Waals surface area contributed by atoms with Gasteiger partial charge in [-0.05, 0) is 62.1 Å². The van der Waals surface area contributed by atoms with Crippen molar-refractivity contribution in [2.45, 2.75) is 64.8 Å². The zero-order chi connectivity index (χ0) is 21.2. The highest BCUT2D eigenvalue weighted by Gasteiger charge is 2.36. The number of guanidine groups is 1. The molecule has 0 heterocycles. The van der Waals surface area contributed by atoms with Crippen LogP contribution in [0.15, 0.2) is 29.3 Å². The fraction of sp³-hybridized carbons (Fsp3) is 0.667. The number of rotatable bonds is 10. The van der Waals surface area contributed by atoms with Gasteiger partial charge in [-0.15, -0.1) is 0 Å². The molecule has 30 heavy (non-hydrogen) atoms. The standard InChI is InChI=1S/C24H38N4O2/c1-3-25-23(27-18-24(12-7-13-24)14-15-30-2)26-17-19-8-6-11-21(16-19)28-22(29)20-9-4-5-10-20/h6,8,11,16,20H,3-5,7,9-10,12-15,17-18H2,1-2H3,(H,28,29)(H2,25,26,27). The maximum absolute atomic E-state index is 12.4. The highest BCUT2D eigenvalue weighted by Crippen LogP contribution is 2.43. The number of aliphatic imine (C=N–C) groups is 1. The zero-order valence-corrected chi connectivity index (χ0v) is 18.6. The number of anilines is 1. The first-order valence-corrected chi connectivity index (χ1v) is 11.5. The fourth-order valence-electron chi connectivity index (χ4n) is 4.47. The third-order valence-corrected chi connectivity index (χ3v) is 6.57. The molecule has 0 saturated heterocycles. The minimum absolute atomic E-state index is 0.157. The van der Waals surface area contributed by atoms with E-state index in [4.69, 9.17) is 9.73 Å². The topological polar surface area (TPSA) is 74.8 Å². The second-order valence-electron chi connectivity index (χ2n) is 8.82. The molecule has 2 aliphatic carbocycles. The molecule has 0 radical (unpaired) electrons. The molecular formula is C24H38N4O2. The molecule has 0 bridgehead atoms. The van der Waals surface area contributed by atoms with E-state index in [-0.39, 0.29) is 11.8 Å². The highest BCUT2D eigenvalue weighted by molar-refractivity contribution is 5.92. The Kier molecular flexibility index (Phi) is 8.55. The van der Waals surface area contributed by atoms with Crippen LogP contribution in [0.4, 0.5) is 5.69 Å². The van der Waals surface area contributed by atoms with Crippen molar-refractivity contribution in [3.8, 4) is 0 Å². The van der Waals surface area contributed by atoms with Crippen molar-refractivity contribution in [2.75, 3.05) is 32.1 Å². The number of nitrogens with one attached hydrogen (secondary N) is 3. The molecule has 2 aliphatic rings. The number of ether oxygens (including phenoxy) is 1. The van der Waals surface area contributed by atoms with Gasteiger partial charge in [-0.3, -0.25) is 4.79 Å². The summed E-state index contributed by atoms with van der Waals surface area (Å²) in [4.78, 5) is 17.2. The quantitative estimate of drug-likeness (QED) is 0.398. The lowest BCUT2D eigenvalue weighted by molar-refractivity contribution is -0.119. The first-order valence-electron chi connectivity index (χ1n) is 11.5. The van der Waals surface area contributed by atoms with E-state index >= 15 is 0 Å². The van der Waals surface area contributed by atoms with Crippen molar-refractivity contribution >= 4 is 17.6 Å². The molecule has 0 atom stereocenters. The van der Waals surface area contributed by atoms with E-state index in [1.54, 1.807) is 7.11 Å². The van der Waals surface area contributed by atoms with Crippen LogP contribution in [0.2, 0.25) is 0 Å². The summed E-state index contributed by atoms with van der Waals surface area (Å²) >= 11 is 0. The summed E-state index contributed by atoms with van der Waals surface area (Å²) in [7, 11) is 1.77. The third-order valence-electron chi connectivity index (χ3n) is 6.57. The van der Waals surface area contributed by atoms with Gasteiger partial charge in [-0.25, -0.2) is 4.99 Å². The van der Waals surface area contributed by atoms with E-state index in [1.807, 2.05) is 18.2 Å². The number of benzene rings is 1. The van der Waals surface area contributed by atoms with Crippen molar-refractivity contribution in [3.63, 3.8) is 0 Å². The molecule has 3 N–H and O–H groups in total. The van der Waals surface area contributed by atoms with Crippen molar-refractivity contribution in [1.82, 2.24) is 10.6 Å². The highest BCUT2D eigenvalue weighted by atomic mass is 16.5. The minimum atomic E-state index is 0.157. The number of carbonyl (C=O) groups excluding carboxylic acids is 1. The van der Waals surface area contributed by atoms with Crippen LogP contribution in [0.3, 0.4) is 0 Å². The molecule has 2 saturated carbocycles. The van der Waals surface area contributed by atoms with Crippen LogP contribution < -0.4 is 16.0 Å². The lowest BCUT2D eigenvalue weighted by Gasteiger charge is -2.42. The molecule has 1 aromatic rings. The molecular weight excluding hydrogens is 376 g/mol. The lowest BCUT2D eigenvalue weighted by Crippen LogP contribution is -2.46. The first-order chi connectivity index (χ1) is 14.6. The summed E-state index contributed by atoms with van der Waals surface area (Å²) in [5.41, 5.74) is 2.30. The predicted molar refractivity (Wildman–Crippen MR) is 123 cm³/mol. The van der Waals surface area contributed by atoms with E-state index in [9.17, 15) is 4.79 Å². The molecule has 0 aliphatic heterocycles. The Balaban J connectivity index is 1.55. The Morgan fingerprint density at radius 3 is 2.67 bits per heavy atom. The van der Waals surface area contributed by atoms with Gasteiger partial charge in [0.15, 0.2) is 5.96 Å². The van der Waals surface area contributed by atoms with Gasteiger partial charge in [0.1, 0.15) is 0 Å². The van der Waals surface area contributed by atoms with Crippen LogP contribution in [-0.4, -0.2) is 38.7 Å². The molecule has 6 heteroatoms. The predicted octanol–water partition coefficient (Wildman–Crippen LogP) is 4.08. The van der Waals surface area contributed by atoms with E-state index in [1.165, 1.54) is 32.1 Å². The number of carbonyl (C=O) groups is 1. The summed E-state index contributed by atoms with van der Waals surface area (Å²) in [6.07, 6.45) is 9.27. The Labute approximate surface area is 181 Å². The molecule has 6 nitrogen and oxygen atoms in total. The van der Waals surface area contributed by atoms with Crippen LogP contribution in [0.5, 0.6) is 0 Å². The monoisotopic (exact) mass is 414 g/mol. The van der Waals surface area contributed by atoms with Gasteiger partial charge in [-0.2, -0.15) is 0 Å². The van der Waals surface area contributed by atoms with Crippen molar-refractivity contribution in [1.29, 1.82) is 0 Å². The van der Waals surface area contributed by atoms with Crippen molar-refractivity contribution in [2.24, 2.45) is 16.3 Å². The normalized spacial score (nSPS) is 18.7. The molecule has 1 aromatic carbocycles. The summed E-state index contributed by atoms with van der Waals surface area (Å²) in [5.74, 6) is 1.18. The number of nitrogens with zero attached hydrogens (tertiary/aromatic N) is 1. The van der Waals surface area contributed by atoms with E-state index in [2.05, 4.69) is 28.9 Å². The number of hydrogen-bond acceptors (Lipinski definition) is 3. The van der Waals surface area contributed by atoms with Gasteiger partial charge in [-0.1, -0.05) is 31.4 Å². The van der Waals surface area contributed by atoms with Gasteiger partial charge >= 0.3 is 0 Å². The molecule has 2 fully saturated rings. The van der Waals surface area contributed by atoms with E-state index < -0.39 is 0 Å². The third kappa shape index (κ3) is 6.46. The molecule has 1 amide bonds. The smallest absolute Gasteiger partial charge is 0.227 e. The van der Waals surface area contributed by atoms with E-state index in [0.29, 0.717) is 12.0 Å². The Bertz CT molecular complexity index is 709. The minimum Gasteiger partial charge on any atom is -0.385 e. The van der Waals surface area contributed by atoms with Crippen LogP contribution in [0.1, 0.15) is 63.9 Å². The van der Waals surface area contributed by atoms with Crippen LogP contribution in [-0.2, 0) is 16.1 Å². The average Bonchev–Trinajstić information content (AvgIpc) is 3.26.